The Morgan fingerprint density at radius 2 is 2.18 bits per heavy atom. The van der Waals surface area contributed by atoms with Gasteiger partial charge in [-0.1, -0.05) is 31.2 Å². The van der Waals surface area contributed by atoms with Gasteiger partial charge in [-0.25, -0.2) is 4.98 Å². The fourth-order valence-electron chi connectivity index (χ4n) is 1.67. The second-order valence-electron chi connectivity index (χ2n) is 3.89. The predicted octanol–water partition coefficient (Wildman–Crippen LogP) is 3.39. The number of rotatable bonds is 6. The van der Waals surface area contributed by atoms with Gasteiger partial charge in [-0.15, -0.1) is 11.3 Å². The number of para-hydroxylation sites is 1. The maximum Gasteiger partial charge on any atom is 0.0976 e. The number of nitrogens with one attached hydrogen (secondary N) is 1. The van der Waals surface area contributed by atoms with Crippen LogP contribution in [-0.2, 0) is 6.42 Å². The van der Waals surface area contributed by atoms with Crippen molar-refractivity contribution in [1.82, 2.24) is 10.3 Å². The van der Waals surface area contributed by atoms with Crippen molar-refractivity contribution in [3.8, 4) is 0 Å². The number of hydrogen-bond acceptors (Lipinski definition) is 3. The smallest absolute Gasteiger partial charge is 0.0976 e. The lowest BCUT2D eigenvalue weighted by Gasteiger charge is -1.94. The first-order chi connectivity index (χ1) is 8.40. The van der Waals surface area contributed by atoms with Crippen molar-refractivity contribution in [2.24, 2.45) is 0 Å². The minimum atomic E-state index is 0.950. The van der Waals surface area contributed by atoms with Gasteiger partial charge >= 0.3 is 0 Å². The standard InChI is InChI=1S/C14H18N2S/c1-2-15-11-7-3-4-10-14-16-12-8-5-6-9-13(12)17-14/h3-6,8-9,15H,2,7,10-11H2,1H3. The Balaban J connectivity index is 1.86. The molecule has 0 atom stereocenters. The van der Waals surface area contributed by atoms with Gasteiger partial charge in [-0.3, -0.25) is 0 Å². The van der Waals surface area contributed by atoms with Crippen molar-refractivity contribution in [3.63, 3.8) is 0 Å². The molecule has 0 bridgehead atoms. The second kappa shape index (κ2) is 6.52. The van der Waals surface area contributed by atoms with Crippen molar-refractivity contribution in [2.75, 3.05) is 13.1 Å². The number of fused-ring (bicyclic) bond motifs is 1. The van der Waals surface area contributed by atoms with Gasteiger partial charge in [0.1, 0.15) is 0 Å². The van der Waals surface area contributed by atoms with E-state index in [1.54, 1.807) is 11.3 Å². The highest BCUT2D eigenvalue weighted by atomic mass is 32.1. The molecular formula is C14H18N2S. The Bertz CT molecular complexity index is 455. The second-order valence-corrected chi connectivity index (χ2v) is 5.01. The van der Waals surface area contributed by atoms with Crippen LogP contribution in [0.5, 0.6) is 0 Å². The first-order valence-electron chi connectivity index (χ1n) is 6.10. The Hall–Kier alpha value is -1.19. The summed E-state index contributed by atoms with van der Waals surface area (Å²) in [6.45, 7) is 4.24. The molecule has 0 unspecified atom stereocenters. The van der Waals surface area contributed by atoms with Crippen LogP contribution >= 0.6 is 11.3 Å². The summed E-state index contributed by atoms with van der Waals surface area (Å²) >= 11 is 1.79. The van der Waals surface area contributed by atoms with Crippen LogP contribution in [-0.4, -0.2) is 18.1 Å². The molecule has 0 saturated carbocycles. The van der Waals surface area contributed by atoms with Gasteiger partial charge in [0.05, 0.1) is 15.2 Å². The van der Waals surface area contributed by atoms with Gasteiger partial charge in [0.15, 0.2) is 0 Å². The molecule has 0 spiro atoms. The van der Waals surface area contributed by atoms with E-state index in [9.17, 15) is 0 Å². The summed E-state index contributed by atoms with van der Waals surface area (Å²) in [7, 11) is 0. The van der Waals surface area contributed by atoms with Crippen LogP contribution in [0.2, 0.25) is 0 Å². The number of hydrogen-bond donors (Lipinski definition) is 1. The quantitative estimate of drug-likeness (QED) is 0.624. The molecule has 1 N–H and O–H groups in total. The monoisotopic (exact) mass is 246 g/mol. The summed E-state index contributed by atoms with van der Waals surface area (Å²) in [5, 5.41) is 4.50. The minimum absolute atomic E-state index is 0.950. The van der Waals surface area contributed by atoms with Crippen molar-refractivity contribution >= 4 is 21.6 Å². The third-order valence-electron chi connectivity index (χ3n) is 2.54. The average Bonchev–Trinajstić information content (AvgIpc) is 2.76. The number of nitrogens with zero attached hydrogens (tertiary/aromatic N) is 1. The SMILES string of the molecule is CCNCCC=CCc1nc2ccccc2s1. The summed E-state index contributed by atoms with van der Waals surface area (Å²) in [5.74, 6) is 0. The molecule has 2 rings (SSSR count). The largest absolute Gasteiger partial charge is 0.317 e. The molecule has 1 aromatic heterocycles. The summed E-state index contributed by atoms with van der Waals surface area (Å²) in [6, 6.07) is 8.31. The maximum absolute atomic E-state index is 4.60. The Morgan fingerprint density at radius 1 is 1.29 bits per heavy atom. The third kappa shape index (κ3) is 3.65. The molecule has 90 valence electrons. The van der Waals surface area contributed by atoms with Gasteiger partial charge in [0.2, 0.25) is 0 Å². The molecule has 0 aliphatic heterocycles. The average molecular weight is 246 g/mol. The van der Waals surface area contributed by atoms with Crippen molar-refractivity contribution < 1.29 is 0 Å². The number of thiazole rings is 1. The lowest BCUT2D eigenvalue weighted by molar-refractivity contribution is 0.726. The van der Waals surface area contributed by atoms with E-state index in [1.165, 1.54) is 9.71 Å². The zero-order chi connectivity index (χ0) is 11.9. The van der Waals surface area contributed by atoms with Gasteiger partial charge in [0.25, 0.3) is 0 Å². The van der Waals surface area contributed by atoms with Gasteiger partial charge in [0, 0.05) is 6.42 Å². The zero-order valence-corrected chi connectivity index (χ0v) is 11.0. The number of benzene rings is 1. The predicted molar refractivity (Wildman–Crippen MR) is 75.6 cm³/mol. The molecule has 0 fully saturated rings. The van der Waals surface area contributed by atoms with E-state index >= 15 is 0 Å². The zero-order valence-electron chi connectivity index (χ0n) is 10.1. The maximum atomic E-state index is 4.60. The molecule has 0 amide bonds. The summed E-state index contributed by atoms with van der Waals surface area (Å²) in [6.07, 6.45) is 6.49. The Morgan fingerprint density at radius 3 is 3.00 bits per heavy atom. The molecule has 2 nitrogen and oxygen atoms in total. The highest BCUT2D eigenvalue weighted by molar-refractivity contribution is 7.18. The molecular weight excluding hydrogens is 228 g/mol. The minimum Gasteiger partial charge on any atom is -0.317 e. The molecule has 0 radical (unpaired) electrons. The molecule has 3 heteroatoms. The molecule has 0 saturated heterocycles. The van der Waals surface area contributed by atoms with Gasteiger partial charge < -0.3 is 5.32 Å². The van der Waals surface area contributed by atoms with Gasteiger partial charge in [-0.05, 0) is 31.6 Å². The van der Waals surface area contributed by atoms with Gasteiger partial charge in [-0.2, -0.15) is 0 Å². The van der Waals surface area contributed by atoms with Crippen molar-refractivity contribution in [3.05, 3.63) is 41.4 Å². The van der Waals surface area contributed by atoms with Crippen LogP contribution in [0.25, 0.3) is 10.2 Å². The van der Waals surface area contributed by atoms with E-state index in [2.05, 4.69) is 47.6 Å². The van der Waals surface area contributed by atoms with E-state index in [1.807, 2.05) is 6.07 Å². The lowest BCUT2D eigenvalue weighted by Crippen LogP contribution is -2.12. The molecule has 0 aliphatic rings. The Labute approximate surface area is 106 Å². The first kappa shape index (κ1) is 12.3. The number of aromatic nitrogens is 1. The van der Waals surface area contributed by atoms with E-state index in [0.29, 0.717) is 0 Å². The Kier molecular flexibility index (Phi) is 4.71. The first-order valence-corrected chi connectivity index (χ1v) is 6.92. The third-order valence-corrected chi connectivity index (χ3v) is 3.59. The van der Waals surface area contributed by atoms with Crippen molar-refractivity contribution in [2.45, 2.75) is 19.8 Å². The molecule has 2 aromatic rings. The van der Waals surface area contributed by atoms with E-state index in [-0.39, 0.29) is 0 Å². The van der Waals surface area contributed by atoms with Crippen LogP contribution in [0.15, 0.2) is 36.4 Å². The number of allylic oxidation sites excluding steroid dienone is 1. The van der Waals surface area contributed by atoms with E-state index in [4.69, 9.17) is 0 Å². The summed E-state index contributed by atoms with van der Waals surface area (Å²) in [5.41, 5.74) is 1.12. The van der Waals surface area contributed by atoms with E-state index < -0.39 is 0 Å². The summed E-state index contributed by atoms with van der Waals surface area (Å²) < 4.78 is 1.28. The fourth-order valence-corrected chi connectivity index (χ4v) is 2.61. The lowest BCUT2D eigenvalue weighted by atomic mass is 10.3. The van der Waals surface area contributed by atoms with Crippen LogP contribution < -0.4 is 5.32 Å². The van der Waals surface area contributed by atoms with Crippen molar-refractivity contribution in [1.29, 1.82) is 0 Å². The summed E-state index contributed by atoms with van der Waals surface area (Å²) in [4.78, 5) is 4.60. The van der Waals surface area contributed by atoms with Crippen LogP contribution in [0.1, 0.15) is 18.4 Å². The van der Waals surface area contributed by atoms with E-state index in [0.717, 1.165) is 31.4 Å². The molecule has 1 aromatic carbocycles. The fraction of sp³-hybridized carbons (Fsp3) is 0.357. The molecule has 1 heterocycles. The highest BCUT2D eigenvalue weighted by Gasteiger charge is 2.00. The topological polar surface area (TPSA) is 24.9 Å². The molecule has 17 heavy (non-hydrogen) atoms. The van der Waals surface area contributed by atoms with Crippen LogP contribution in [0.4, 0.5) is 0 Å². The molecule has 0 aliphatic carbocycles. The normalized spacial score (nSPS) is 11.6. The van der Waals surface area contributed by atoms with Crippen LogP contribution in [0, 0.1) is 0 Å². The van der Waals surface area contributed by atoms with Crippen LogP contribution in [0.3, 0.4) is 0 Å². The highest BCUT2D eigenvalue weighted by Crippen LogP contribution is 2.21.